The van der Waals surface area contributed by atoms with Crippen molar-refractivity contribution in [3.63, 3.8) is 0 Å². The Kier molecular flexibility index (Phi) is 4.25. The number of allylic oxidation sites excluding steroid dienone is 3. The molecule has 1 saturated heterocycles. The third-order valence-corrected chi connectivity index (χ3v) is 7.38. The number of carbonyl (C=O) groups is 2. The normalized spacial score (nSPS) is 33.8. The van der Waals surface area contributed by atoms with E-state index in [0.29, 0.717) is 37.2 Å². The van der Waals surface area contributed by atoms with Gasteiger partial charge in [-0.3, -0.25) is 4.79 Å². The van der Waals surface area contributed by atoms with Gasteiger partial charge in [0, 0.05) is 24.1 Å². The lowest BCUT2D eigenvalue weighted by atomic mass is 9.49. The van der Waals surface area contributed by atoms with Gasteiger partial charge in [0.2, 0.25) is 0 Å². The van der Waals surface area contributed by atoms with Crippen LogP contribution in [0.5, 0.6) is 11.5 Å². The fourth-order valence-electron chi connectivity index (χ4n) is 6.07. The number of carbonyl (C=O) groups excluding carboxylic acids is 2. The molecule has 1 N–H and O–H groups in total. The minimum absolute atomic E-state index is 0.0211. The topological polar surface area (TPSA) is 76.1 Å². The molecule has 4 atom stereocenters. The fraction of sp³-hybridized carbons (Fsp3) is 0.500. The van der Waals surface area contributed by atoms with Gasteiger partial charge < -0.3 is 19.5 Å². The molecule has 1 spiro atoms. The Morgan fingerprint density at radius 1 is 1.33 bits per heavy atom. The van der Waals surface area contributed by atoms with Gasteiger partial charge in [-0.15, -0.1) is 0 Å². The van der Waals surface area contributed by atoms with Gasteiger partial charge >= 0.3 is 5.97 Å². The monoisotopic (exact) mass is 409 g/mol. The van der Waals surface area contributed by atoms with E-state index in [1.807, 2.05) is 33.0 Å². The van der Waals surface area contributed by atoms with E-state index in [1.54, 1.807) is 12.1 Å². The van der Waals surface area contributed by atoms with Crippen LogP contribution in [0.3, 0.4) is 0 Å². The number of likely N-dealkylation sites (N-methyl/N-ethyl adjacent to an activating group) is 1. The van der Waals surface area contributed by atoms with E-state index in [2.05, 4.69) is 4.90 Å². The van der Waals surface area contributed by atoms with E-state index in [-0.39, 0.29) is 11.8 Å². The van der Waals surface area contributed by atoms with Crippen LogP contribution in [0.25, 0.3) is 0 Å². The molecule has 30 heavy (non-hydrogen) atoms. The van der Waals surface area contributed by atoms with Crippen LogP contribution < -0.4 is 9.47 Å². The average molecular weight is 409 g/mol. The van der Waals surface area contributed by atoms with Gasteiger partial charge in [0.15, 0.2) is 23.4 Å². The number of nitrogens with zero attached hydrogens (tertiary/aromatic N) is 1. The van der Waals surface area contributed by atoms with Crippen LogP contribution >= 0.6 is 0 Å². The van der Waals surface area contributed by atoms with Crippen molar-refractivity contribution in [2.75, 3.05) is 13.6 Å². The maximum absolute atomic E-state index is 12.9. The standard InChI is InChI=1S/C24H27NO5/c1-14(2)5-4-6-19(27)29-17-8-7-15-13-18-24(28)10-9-16(26)22-23(24,11-12-25(18)3)20(15)21(17)30-22/h4-8,18,22,28H,9-13H2,1-3H3/b6-4+/t18-,22+,23-,24-/m1/s1. The number of hydrogen-bond acceptors (Lipinski definition) is 6. The highest BCUT2D eigenvalue weighted by Crippen LogP contribution is 2.64. The van der Waals surface area contributed by atoms with E-state index >= 15 is 0 Å². The SMILES string of the molecule is CC(C)=C/C=C/C(=O)Oc1ccc2c3c1O[C@H]1C(=O)CC[C@@]4(O)[C@@H](C2)N(C)CC[C@@]314. The maximum Gasteiger partial charge on any atom is 0.336 e. The first kappa shape index (κ1) is 19.5. The first-order valence-electron chi connectivity index (χ1n) is 10.6. The molecule has 2 fully saturated rings. The van der Waals surface area contributed by atoms with Crippen molar-refractivity contribution < 1.29 is 24.2 Å². The van der Waals surface area contributed by atoms with Crippen molar-refractivity contribution in [2.24, 2.45) is 0 Å². The lowest BCUT2D eigenvalue weighted by molar-refractivity contribution is -0.185. The maximum atomic E-state index is 12.9. The van der Waals surface area contributed by atoms with E-state index in [1.165, 1.54) is 6.08 Å². The second-order valence-electron chi connectivity index (χ2n) is 9.26. The van der Waals surface area contributed by atoms with Gasteiger partial charge in [0.1, 0.15) is 0 Å². The smallest absolute Gasteiger partial charge is 0.336 e. The molecule has 0 radical (unpaired) electrons. The number of ketones is 1. The summed E-state index contributed by atoms with van der Waals surface area (Å²) in [4.78, 5) is 27.5. The van der Waals surface area contributed by atoms with Crippen molar-refractivity contribution in [3.8, 4) is 11.5 Å². The Morgan fingerprint density at radius 3 is 2.90 bits per heavy atom. The molecule has 2 bridgehead atoms. The van der Waals surface area contributed by atoms with Crippen molar-refractivity contribution >= 4 is 11.8 Å². The zero-order chi connectivity index (χ0) is 21.3. The summed E-state index contributed by atoms with van der Waals surface area (Å²) < 4.78 is 11.8. The van der Waals surface area contributed by atoms with Gasteiger partial charge in [-0.1, -0.05) is 23.8 Å². The Bertz CT molecular complexity index is 1010. The molecule has 0 unspecified atom stereocenters. The quantitative estimate of drug-likeness (QED) is 0.358. The molecule has 158 valence electrons. The second kappa shape index (κ2) is 6.53. The third kappa shape index (κ3) is 2.44. The average Bonchev–Trinajstić information content (AvgIpc) is 3.05. The van der Waals surface area contributed by atoms with Crippen LogP contribution in [-0.4, -0.2) is 53.1 Å². The van der Waals surface area contributed by atoms with Gasteiger partial charge in [-0.05, 0) is 58.3 Å². The first-order chi connectivity index (χ1) is 14.3. The molecular weight excluding hydrogens is 382 g/mol. The molecule has 6 nitrogen and oxygen atoms in total. The molecule has 0 amide bonds. The second-order valence-corrected chi connectivity index (χ2v) is 9.26. The van der Waals surface area contributed by atoms with Crippen LogP contribution in [0.1, 0.15) is 44.2 Å². The Balaban J connectivity index is 1.60. The molecule has 1 saturated carbocycles. The number of ether oxygens (including phenoxy) is 2. The van der Waals surface area contributed by atoms with E-state index in [0.717, 1.165) is 23.2 Å². The van der Waals surface area contributed by atoms with Crippen molar-refractivity contribution in [1.29, 1.82) is 0 Å². The summed E-state index contributed by atoms with van der Waals surface area (Å²) in [5.41, 5.74) is 1.24. The number of piperidine rings is 1. The first-order valence-corrected chi connectivity index (χ1v) is 10.6. The van der Waals surface area contributed by atoms with Crippen LogP contribution in [0.15, 0.2) is 35.9 Å². The summed E-state index contributed by atoms with van der Waals surface area (Å²) in [7, 11) is 2.04. The summed E-state index contributed by atoms with van der Waals surface area (Å²) in [5.74, 6) is 0.293. The molecule has 2 heterocycles. The van der Waals surface area contributed by atoms with Crippen molar-refractivity contribution in [3.05, 3.63) is 47.1 Å². The van der Waals surface area contributed by atoms with Gasteiger partial charge in [0.25, 0.3) is 0 Å². The van der Waals surface area contributed by atoms with Gasteiger partial charge in [-0.2, -0.15) is 0 Å². The molecule has 2 aliphatic heterocycles. The summed E-state index contributed by atoms with van der Waals surface area (Å²) in [6.45, 7) is 4.68. The Morgan fingerprint density at radius 2 is 2.13 bits per heavy atom. The minimum atomic E-state index is -1.02. The Hall–Kier alpha value is -2.44. The minimum Gasteiger partial charge on any atom is -0.477 e. The molecule has 5 rings (SSSR count). The molecule has 6 heteroatoms. The lowest BCUT2D eigenvalue weighted by Gasteiger charge is -2.61. The zero-order valence-electron chi connectivity index (χ0n) is 17.6. The van der Waals surface area contributed by atoms with Gasteiger partial charge in [-0.25, -0.2) is 4.79 Å². The Labute approximate surface area is 176 Å². The van der Waals surface area contributed by atoms with E-state index < -0.39 is 23.1 Å². The molecule has 1 aromatic carbocycles. The van der Waals surface area contributed by atoms with Crippen LogP contribution in [-0.2, 0) is 21.4 Å². The predicted molar refractivity (Wildman–Crippen MR) is 111 cm³/mol. The third-order valence-electron chi connectivity index (χ3n) is 7.38. The highest BCUT2D eigenvalue weighted by atomic mass is 16.6. The summed E-state index contributed by atoms with van der Waals surface area (Å²) >= 11 is 0. The number of esters is 1. The summed E-state index contributed by atoms with van der Waals surface area (Å²) in [6, 6.07) is 3.66. The number of Topliss-reactive ketones (excluding diaryl/α,β-unsaturated/α-hetero) is 1. The zero-order valence-corrected chi connectivity index (χ0v) is 17.6. The van der Waals surface area contributed by atoms with Gasteiger partial charge in [0.05, 0.1) is 11.0 Å². The highest BCUT2D eigenvalue weighted by molar-refractivity contribution is 5.90. The molecular formula is C24H27NO5. The van der Waals surface area contributed by atoms with Crippen LogP contribution in [0.4, 0.5) is 0 Å². The molecule has 1 aromatic rings. The number of rotatable bonds is 3. The summed E-state index contributed by atoms with van der Waals surface area (Å²) in [6.07, 6.45) is 6.20. The van der Waals surface area contributed by atoms with E-state index in [9.17, 15) is 14.7 Å². The highest BCUT2D eigenvalue weighted by Gasteiger charge is 2.72. The van der Waals surface area contributed by atoms with Crippen LogP contribution in [0.2, 0.25) is 0 Å². The molecule has 4 aliphatic rings. The predicted octanol–water partition coefficient (Wildman–Crippen LogP) is 2.47. The van der Waals surface area contributed by atoms with Crippen molar-refractivity contribution in [2.45, 2.75) is 62.7 Å². The fourth-order valence-corrected chi connectivity index (χ4v) is 6.07. The number of benzene rings is 1. The largest absolute Gasteiger partial charge is 0.477 e. The van der Waals surface area contributed by atoms with Crippen molar-refractivity contribution in [1.82, 2.24) is 4.90 Å². The number of hydrogen-bond donors (Lipinski definition) is 1. The van der Waals surface area contributed by atoms with Crippen LogP contribution in [0, 0.1) is 0 Å². The summed E-state index contributed by atoms with van der Waals surface area (Å²) in [5, 5.41) is 11.9. The number of likely N-dealkylation sites (tertiary alicyclic amines) is 1. The lowest BCUT2D eigenvalue weighted by Crippen LogP contribution is -2.76. The number of aliphatic hydroxyl groups is 1. The van der Waals surface area contributed by atoms with E-state index in [4.69, 9.17) is 9.47 Å². The molecule has 2 aliphatic carbocycles. The molecule has 0 aromatic heterocycles.